The molecule has 1 fully saturated rings. The van der Waals surface area contributed by atoms with Crippen molar-refractivity contribution < 1.29 is 8.42 Å². The first-order chi connectivity index (χ1) is 8.80. The van der Waals surface area contributed by atoms with Gasteiger partial charge in [-0.2, -0.15) is 4.37 Å². The quantitative estimate of drug-likeness (QED) is 0.864. The second-order valence-corrected chi connectivity index (χ2v) is 7.84. The molecule has 1 aliphatic heterocycles. The van der Waals surface area contributed by atoms with Crippen molar-refractivity contribution in [2.45, 2.75) is 24.3 Å². The molecule has 2 heterocycles. The molecule has 108 valence electrons. The van der Waals surface area contributed by atoms with Crippen LogP contribution in [-0.2, 0) is 9.84 Å². The Morgan fingerprint density at radius 2 is 2.11 bits per heavy atom. The second kappa shape index (κ2) is 5.26. The number of nitrogens with zero attached hydrogens (tertiary/aromatic N) is 3. The SMILES string of the molecule is CC1CN(C)CCCN1c1snc(N)c1S(C)(=O)=O. The minimum absolute atomic E-state index is 0.118. The molecule has 1 aromatic rings. The Balaban J connectivity index is 2.41. The maximum atomic E-state index is 11.9. The van der Waals surface area contributed by atoms with Gasteiger partial charge in [-0.1, -0.05) is 0 Å². The van der Waals surface area contributed by atoms with Crippen LogP contribution in [0.3, 0.4) is 0 Å². The van der Waals surface area contributed by atoms with E-state index in [0.29, 0.717) is 5.00 Å². The molecule has 0 radical (unpaired) electrons. The highest BCUT2D eigenvalue weighted by atomic mass is 32.2. The standard InChI is InChI=1S/C11H20N4O2S2/c1-8-7-14(2)5-4-6-15(8)11-9(19(3,16)17)10(12)13-18-11/h8H,4-7H2,1-3H3,(H2,12,13). The number of hydrogen-bond donors (Lipinski definition) is 1. The number of anilines is 2. The second-order valence-electron chi connectivity index (χ2n) is 5.13. The van der Waals surface area contributed by atoms with E-state index in [-0.39, 0.29) is 16.8 Å². The maximum Gasteiger partial charge on any atom is 0.182 e. The summed E-state index contributed by atoms with van der Waals surface area (Å²) >= 11 is 1.18. The predicted molar refractivity (Wildman–Crippen MR) is 78.6 cm³/mol. The summed E-state index contributed by atoms with van der Waals surface area (Å²) in [5.41, 5.74) is 5.73. The molecule has 2 N–H and O–H groups in total. The summed E-state index contributed by atoms with van der Waals surface area (Å²) in [5, 5.41) is 0.683. The van der Waals surface area contributed by atoms with E-state index in [4.69, 9.17) is 5.73 Å². The van der Waals surface area contributed by atoms with Crippen LogP contribution < -0.4 is 10.6 Å². The van der Waals surface area contributed by atoms with Gasteiger partial charge in [0.2, 0.25) is 0 Å². The Morgan fingerprint density at radius 1 is 1.42 bits per heavy atom. The third-order valence-corrected chi connectivity index (χ3v) is 5.51. The highest BCUT2D eigenvalue weighted by Crippen LogP contribution is 2.36. The van der Waals surface area contributed by atoms with Crippen LogP contribution in [0.25, 0.3) is 0 Å². The summed E-state index contributed by atoms with van der Waals surface area (Å²) in [6.45, 7) is 4.85. The summed E-state index contributed by atoms with van der Waals surface area (Å²) < 4.78 is 27.8. The number of nitrogen functional groups attached to an aromatic ring is 1. The van der Waals surface area contributed by atoms with Crippen LogP contribution in [0.5, 0.6) is 0 Å². The molecule has 0 saturated carbocycles. The molecule has 1 saturated heterocycles. The van der Waals surface area contributed by atoms with E-state index in [9.17, 15) is 8.42 Å². The van der Waals surface area contributed by atoms with Crippen molar-refractivity contribution in [1.29, 1.82) is 0 Å². The Kier molecular flexibility index (Phi) is 4.03. The van der Waals surface area contributed by atoms with Crippen LogP contribution in [0.1, 0.15) is 13.3 Å². The highest BCUT2D eigenvalue weighted by Gasteiger charge is 2.29. The molecule has 8 heteroatoms. The van der Waals surface area contributed by atoms with E-state index in [0.717, 1.165) is 26.1 Å². The number of sulfone groups is 1. The number of likely N-dealkylation sites (N-methyl/N-ethyl adjacent to an activating group) is 1. The van der Waals surface area contributed by atoms with Gasteiger partial charge in [-0.25, -0.2) is 8.42 Å². The fraction of sp³-hybridized carbons (Fsp3) is 0.727. The van der Waals surface area contributed by atoms with Crippen molar-refractivity contribution >= 4 is 32.2 Å². The summed E-state index contributed by atoms with van der Waals surface area (Å²) in [4.78, 5) is 4.57. The van der Waals surface area contributed by atoms with Gasteiger partial charge in [-0.05, 0) is 38.5 Å². The molecular formula is C11H20N4O2S2. The van der Waals surface area contributed by atoms with E-state index < -0.39 is 9.84 Å². The molecule has 1 atom stereocenters. The zero-order valence-corrected chi connectivity index (χ0v) is 13.1. The molecule has 1 unspecified atom stereocenters. The summed E-state index contributed by atoms with van der Waals surface area (Å²) in [5.74, 6) is 0.118. The molecular weight excluding hydrogens is 284 g/mol. The molecule has 0 bridgehead atoms. The van der Waals surface area contributed by atoms with Crippen molar-refractivity contribution in [3.63, 3.8) is 0 Å². The van der Waals surface area contributed by atoms with Gasteiger partial charge in [0, 0.05) is 25.4 Å². The normalized spacial score (nSPS) is 22.5. The predicted octanol–water partition coefficient (Wildman–Crippen LogP) is 0.659. The maximum absolute atomic E-state index is 11.9. The monoisotopic (exact) mass is 304 g/mol. The fourth-order valence-corrected chi connectivity index (χ4v) is 4.81. The third-order valence-electron chi connectivity index (χ3n) is 3.34. The lowest BCUT2D eigenvalue weighted by Crippen LogP contribution is -2.38. The lowest BCUT2D eigenvalue weighted by Gasteiger charge is -2.29. The van der Waals surface area contributed by atoms with Gasteiger partial charge in [-0.15, -0.1) is 0 Å². The summed E-state index contributed by atoms with van der Waals surface area (Å²) in [6.07, 6.45) is 2.19. The van der Waals surface area contributed by atoms with Gasteiger partial charge < -0.3 is 15.5 Å². The molecule has 0 aromatic carbocycles. The molecule has 0 aliphatic carbocycles. The third kappa shape index (κ3) is 3.01. The number of aromatic nitrogens is 1. The molecule has 0 amide bonds. The van der Waals surface area contributed by atoms with Gasteiger partial charge in [-0.3, -0.25) is 0 Å². The van der Waals surface area contributed by atoms with E-state index in [1.807, 2.05) is 0 Å². The number of nitrogens with two attached hydrogens (primary N) is 1. The van der Waals surface area contributed by atoms with Crippen LogP contribution >= 0.6 is 11.5 Å². The highest BCUT2D eigenvalue weighted by molar-refractivity contribution is 7.91. The Bertz CT molecular complexity index is 555. The van der Waals surface area contributed by atoms with Gasteiger partial charge in [0.1, 0.15) is 9.90 Å². The minimum Gasteiger partial charge on any atom is -0.382 e. The first kappa shape index (κ1) is 14.5. The van der Waals surface area contributed by atoms with Gasteiger partial charge in [0.05, 0.1) is 0 Å². The van der Waals surface area contributed by atoms with Crippen LogP contribution in [0, 0.1) is 0 Å². The van der Waals surface area contributed by atoms with E-state index in [1.54, 1.807) is 0 Å². The minimum atomic E-state index is -3.35. The Morgan fingerprint density at radius 3 is 2.74 bits per heavy atom. The average molecular weight is 304 g/mol. The smallest absolute Gasteiger partial charge is 0.182 e. The van der Waals surface area contributed by atoms with Crippen LogP contribution in [0.4, 0.5) is 10.8 Å². The van der Waals surface area contributed by atoms with Gasteiger partial charge in [0.25, 0.3) is 0 Å². The van der Waals surface area contributed by atoms with Crippen molar-refractivity contribution in [3.05, 3.63) is 0 Å². The van der Waals surface area contributed by atoms with Crippen molar-refractivity contribution in [2.75, 3.05) is 43.6 Å². The zero-order valence-electron chi connectivity index (χ0n) is 11.5. The number of rotatable bonds is 2. The van der Waals surface area contributed by atoms with Crippen molar-refractivity contribution in [1.82, 2.24) is 9.27 Å². The van der Waals surface area contributed by atoms with Crippen LogP contribution in [0.15, 0.2) is 4.90 Å². The molecule has 19 heavy (non-hydrogen) atoms. The zero-order chi connectivity index (χ0) is 14.2. The number of hydrogen-bond acceptors (Lipinski definition) is 7. The summed E-state index contributed by atoms with van der Waals surface area (Å²) in [7, 11) is -1.27. The van der Waals surface area contributed by atoms with E-state index in [1.165, 1.54) is 17.8 Å². The molecule has 6 nitrogen and oxygen atoms in total. The molecule has 2 rings (SSSR count). The van der Waals surface area contributed by atoms with Crippen molar-refractivity contribution in [2.24, 2.45) is 0 Å². The Hall–Kier alpha value is -0.860. The van der Waals surface area contributed by atoms with E-state index in [2.05, 4.69) is 28.1 Å². The average Bonchev–Trinajstić information content (AvgIpc) is 2.57. The first-order valence-electron chi connectivity index (χ1n) is 6.21. The van der Waals surface area contributed by atoms with Crippen LogP contribution in [0.2, 0.25) is 0 Å². The molecule has 1 aromatic heterocycles. The van der Waals surface area contributed by atoms with Crippen molar-refractivity contribution in [3.8, 4) is 0 Å². The lowest BCUT2D eigenvalue weighted by molar-refractivity contribution is 0.337. The first-order valence-corrected chi connectivity index (χ1v) is 8.87. The summed E-state index contributed by atoms with van der Waals surface area (Å²) in [6, 6.07) is 0.243. The molecule has 1 aliphatic rings. The van der Waals surface area contributed by atoms with Gasteiger partial charge >= 0.3 is 0 Å². The fourth-order valence-electron chi connectivity index (χ4n) is 2.49. The molecule has 0 spiro atoms. The topological polar surface area (TPSA) is 79.5 Å². The van der Waals surface area contributed by atoms with Crippen LogP contribution in [-0.4, -0.2) is 56.7 Å². The van der Waals surface area contributed by atoms with Gasteiger partial charge in [0.15, 0.2) is 15.7 Å². The lowest BCUT2D eigenvalue weighted by atomic mass is 10.3. The largest absolute Gasteiger partial charge is 0.382 e. The Labute approximate surface area is 118 Å². The van der Waals surface area contributed by atoms with E-state index >= 15 is 0 Å².